The van der Waals surface area contributed by atoms with Gasteiger partial charge in [0.1, 0.15) is 5.56 Å². The van der Waals surface area contributed by atoms with E-state index in [1.165, 1.54) is 13.1 Å². The molecule has 1 N–H and O–H groups in total. The molecule has 0 saturated heterocycles. The molecule has 7 aromatic rings. The molecule has 270 valence electrons. The maximum absolute atomic E-state index is 14.5. The van der Waals surface area contributed by atoms with E-state index in [2.05, 4.69) is 54.1 Å². The molecule has 0 saturated carbocycles. The highest BCUT2D eigenvalue weighted by molar-refractivity contribution is 6.30. The molecule has 2 atom stereocenters. The molecular formula is C44H38ClN5O4. The number of carbonyl (C=O) groups is 1. The van der Waals surface area contributed by atoms with Gasteiger partial charge in [-0.2, -0.15) is 0 Å². The van der Waals surface area contributed by atoms with Gasteiger partial charge in [-0.25, -0.2) is 9.36 Å². The molecule has 9 nitrogen and oxygen atoms in total. The summed E-state index contributed by atoms with van der Waals surface area (Å²) in [4.78, 5) is 48.8. The average Bonchev–Trinajstić information content (AvgIpc) is 3.47. The lowest BCUT2D eigenvalue weighted by Gasteiger charge is -2.42. The lowest BCUT2D eigenvalue weighted by molar-refractivity contribution is 0.0614. The fourth-order valence-electron chi connectivity index (χ4n) is 7.97. The van der Waals surface area contributed by atoms with Crippen molar-refractivity contribution in [3.05, 3.63) is 175 Å². The van der Waals surface area contributed by atoms with E-state index in [0.29, 0.717) is 23.6 Å². The Bertz CT molecular complexity index is 2750. The topological polar surface area (TPSA) is 102 Å². The summed E-state index contributed by atoms with van der Waals surface area (Å²) in [5.41, 5.74) is 4.80. The Morgan fingerprint density at radius 1 is 0.778 bits per heavy atom. The van der Waals surface area contributed by atoms with E-state index < -0.39 is 23.2 Å². The lowest BCUT2D eigenvalue weighted by atomic mass is 9.79. The SMILES string of the molecule is CC(=NCC1c2ccccc2C(=O)N(CCc2ccccc2)C1c1ccc2c(c1)c1ccccc1n2C)c1c(O)n(C)c(=O)n(-c2cccc(Cl)c2)c1=O. The number of halogens is 1. The van der Waals surface area contributed by atoms with Crippen molar-refractivity contribution >= 4 is 45.0 Å². The molecule has 3 heterocycles. The molecule has 0 aliphatic carbocycles. The minimum atomic E-state index is -0.714. The zero-order chi connectivity index (χ0) is 37.7. The predicted molar refractivity (Wildman–Crippen MR) is 215 cm³/mol. The fraction of sp³-hybridized carbons (Fsp3) is 0.182. The van der Waals surface area contributed by atoms with Gasteiger partial charge in [0.25, 0.3) is 11.5 Å². The molecule has 10 heteroatoms. The number of aromatic nitrogens is 3. The summed E-state index contributed by atoms with van der Waals surface area (Å²) in [6.45, 7) is 2.32. The first kappa shape index (κ1) is 34.9. The molecule has 0 spiro atoms. The summed E-state index contributed by atoms with van der Waals surface area (Å²) in [6, 6.07) is 38.5. The average molecular weight is 736 g/mol. The minimum Gasteiger partial charge on any atom is -0.494 e. The number of aliphatic imine (C=N–C) groups is 1. The molecule has 0 bridgehead atoms. The number of hydrogen-bond acceptors (Lipinski definition) is 5. The van der Waals surface area contributed by atoms with Crippen molar-refractivity contribution < 1.29 is 9.90 Å². The summed E-state index contributed by atoms with van der Waals surface area (Å²) < 4.78 is 4.20. The first-order valence-electron chi connectivity index (χ1n) is 17.9. The molecule has 54 heavy (non-hydrogen) atoms. The maximum Gasteiger partial charge on any atom is 0.338 e. The number of aryl methyl sites for hydroxylation is 1. The Labute approximate surface area is 316 Å². The van der Waals surface area contributed by atoms with E-state index in [0.717, 1.165) is 47.6 Å². The van der Waals surface area contributed by atoms with Crippen LogP contribution in [0.25, 0.3) is 27.5 Å². The second-order valence-corrected chi connectivity index (χ2v) is 14.2. The van der Waals surface area contributed by atoms with E-state index in [1.54, 1.807) is 25.1 Å². The highest BCUT2D eigenvalue weighted by atomic mass is 35.5. The van der Waals surface area contributed by atoms with E-state index in [-0.39, 0.29) is 35.3 Å². The zero-order valence-corrected chi connectivity index (χ0v) is 30.9. The van der Waals surface area contributed by atoms with Crippen LogP contribution in [0.4, 0.5) is 0 Å². The van der Waals surface area contributed by atoms with E-state index in [1.807, 2.05) is 59.5 Å². The van der Waals surface area contributed by atoms with E-state index >= 15 is 0 Å². The summed E-state index contributed by atoms with van der Waals surface area (Å²) in [5.74, 6) is -0.852. The number of nitrogens with zero attached hydrogens (tertiary/aromatic N) is 5. The quantitative estimate of drug-likeness (QED) is 0.163. The highest BCUT2D eigenvalue weighted by Crippen LogP contribution is 2.44. The van der Waals surface area contributed by atoms with Crippen LogP contribution >= 0.6 is 11.6 Å². The van der Waals surface area contributed by atoms with Crippen molar-refractivity contribution in [3.63, 3.8) is 0 Å². The number of carbonyl (C=O) groups excluding carboxylic acids is 1. The third kappa shape index (κ3) is 5.90. The molecular weight excluding hydrogens is 698 g/mol. The Morgan fingerprint density at radius 2 is 1.50 bits per heavy atom. The normalized spacial score (nSPS) is 16.0. The second kappa shape index (κ2) is 14.0. The van der Waals surface area contributed by atoms with Crippen LogP contribution in [0.15, 0.2) is 136 Å². The summed E-state index contributed by atoms with van der Waals surface area (Å²) >= 11 is 6.23. The van der Waals surface area contributed by atoms with Gasteiger partial charge in [0, 0.05) is 71.2 Å². The Morgan fingerprint density at radius 3 is 2.30 bits per heavy atom. The standard InChI is InChI=1S/C44H38ClN5O4/c1-27(39-42(52)48(3)44(54)50(43(39)53)31-15-11-14-30(45)25-31)46-26-36-32-16-7-8-18-34(32)41(51)49(23-22-28-12-5-4-6-13-28)40(36)29-20-21-38-35(24-29)33-17-9-10-19-37(33)47(38)2/h4-21,24-25,36,40,52H,22-23,26H2,1-3H3. The maximum atomic E-state index is 14.5. The lowest BCUT2D eigenvalue weighted by Crippen LogP contribution is -2.44. The van der Waals surface area contributed by atoms with Crippen LogP contribution < -0.4 is 11.2 Å². The monoisotopic (exact) mass is 735 g/mol. The van der Waals surface area contributed by atoms with Crippen molar-refractivity contribution in [2.75, 3.05) is 13.1 Å². The third-order valence-corrected chi connectivity index (χ3v) is 11.0. The van der Waals surface area contributed by atoms with Crippen LogP contribution in [0.1, 0.15) is 51.5 Å². The van der Waals surface area contributed by atoms with Crippen LogP contribution in [0.5, 0.6) is 5.88 Å². The van der Waals surface area contributed by atoms with Crippen molar-refractivity contribution in [1.82, 2.24) is 18.6 Å². The van der Waals surface area contributed by atoms with Crippen LogP contribution in [0.2, 0.25) is 5.02 Å². The van der Waals surface area contributed by atoms with Gasteiger partial charge in [-0.1, -0.05) is 90.5 Å². The van der Waals surface area contributed by atoms with E-state index in [4.69, 9.17) is 16.6 Å². The van der Waals surface area contributed by atoms with Gasteiger partial charge >= 0.3 is 5.69 Å². The van der Waals surface area contributed by atoms with Gasteiger partial charge in [-0.3, -0.25) is 19.1 Å². The van der Waals surface area contributed by atoms with Crippen molar-refractivity contribution in [3.8, 4) is 11.6 Å². The van der Waals surface area contributed by atoms with Gasteiger partial charge < -0.3 is 14.6 Å². The molecule has 0 radical (unpaired) electrons. The molecule has 8 rings (SSSR count). The summed E-state index contributed by atoms with van der Waals surface area (Å²) in [5, 5.41) is 13.8. The number of hydrogen-bond donors (Lipinski definition) is 1. The molecule has 5 aromatic carbocycles. The third-order valence-electron chi connectivity index (χ3n) is 10.7. The Balaban J connectivity index is 1.28. The van der Waals surface area contributed by atoms with Crippen molar-refractivity contribution in [2.24, 2.45) is 19.1 Å². The van der Waals surface area contributed by atoms with Crippen LogP contribution in [-0.4, -0.2) is 48.4 Å². The van der Waals surface area contributed by atoms with Crippen molar-refractivity contribution in [2.45, 2.75) is 25.3 Å². The van der Waals surface area contributed by atoms with Crippen LogP contribution in [-0.2, 0) is 20.5 Å². The first-order chi connectivity index (χ1) is 26.1. The Hall–Kier alpha value is -6.19. The molecule has 0 fully saturated rings. The number of rotatable bonds is 8. The van der Waals surface area contributed by atoms with Gasteiger partial charge in [0.2, 0.25) is 5.88 Å². The minimum absolute atomic E-state index is 0.0541. The van der Waals surface area contributed by atoms with Gasteiger partial charge in [0.15, 0.2) is 0 Å². The molecule has 2 aromatic heterocycles. The van der Waals surface area contributed by atoms with Gasteiger partial charge in [-0.15, -0.1) is 0 Å². The summed E-state index contributed by atoms with van der Waals surface area (Å²) in [7, 11) is 3.47. The highest BCUT2D eigenvalue weighted by Gasteiger charge is 2.40. The van der Waals surface area contributed by atoms with Crippen LogP contribution in [0.3, 0.4) is 0 Å². The number of aromatic hydroxyl groups is 1. The van der Waals surface area contributed by atoms with Crippen molar-refractivity contribution in [1.29, 1.82) is 0 Å². The fourth-order valence-corrected chi connectivity index (χ4v) is 8.16. The van der Waals surface area contributed by atoms with E-state index in [9.17, 15) is 19.5 Å². The number of amides is 1. The number of benzene rings is 5. The van der Waals surface area contributed by atoms with Gasteiger partial charge in [0.05, 0.1) is 11.7 Å². The zero-order valence-electron chi connectivity index (χ0n) is 30.1. The summed E-state index contributed by atoms with van der Waals surface area (Å²) in [6.07, 6.45) is 0.658. The first-order valence-corrected chi connectivity index (χ1v) is 18.2. The molecule has 1 aliphatic rings. The smallest absolute Gasteiger partial charge is 0.338 e. The number of fused-ring (bicyclic) bond motifs is 4. The molecule has 1 aliphatic heterocycles. The molecule has 1 amide bonds. The Kier molecular flexibility index (Phi) is 9.03. The largest absolute Gasteiger partial charge is 0.494 e. The predicted octanol–water partition coefficient (Wildman–Crippen LogP) is 7.57. The second-order valence-electron chi connectivity index (χ2n) is 13.8. The number of para-hydroxylation sites is 1. The van der Waals surface area contributed by atoms with Gasteiger partial charge in [-0.05, 0) is 72.5 Å². The van der Waals surface area contributed by atoms with Crippen LogP contribution in [0, 0.1) is 0 Å². The molecule has 2 unspecified atom stereocenters.